The zero-order valence-corrected chi connectivity index (χ0v) is 12.5. The number of hydrogen-bond donors (Lipinski definition) is 1. The van der Waals surface area contributed by atoms with Crippen LogP contribution in [0.15, 0.2) is 60.7 Å². The van der Waals surface area contributed by atoms with Gasteiger partial charge in [-0.15, -0.1) is 0 Å². The molecule has 2 aromatic rings. The standard InChI is InChI=1S/C17H20N2S/c1-14(15-8-4-2-5-9-15)19(13-12-17(18)20)16-10-6-3-7-11-16/h2-11,14H,12-13H2,1H3,(H2,18,20). The summed E-state index contributed by atoms with van der Waals surface area (Å²) in [5, 5.41) is 0. The molecule has 0 saturated heterocycles. The first kappa shape index (κ1) is 14.5. The highest BCUT2D eigenvalue weighted by molar-refractivity contribution is 7.80. The summed E-state index contributed by atoms with van der Waals surface area (Å²) in [5.41, 5.74) is 8.15. The van der Waals surface area contributed by atoms with Crippen molar-refractivity contribution >= 4 is 22.9 Å². The summed E-state index contributed by atoms with van der Waals surface area (Å²) in [7, 11) is 0. The highest BCUT2D eigenvalue weighted by Gasteiger charge is 2.16. The van der Waals surface area contributed by atoms with Crippen molar-refractivity contribution in [2.75, 3.05) is 11.4 Å². The van der Waals surface area contributed by atoms with E-state index in [4.69, 9.17) is 18.0 Å². The maximum Gasteiger partial charge on any atom is 0.0745 e. The van der Waals surface area contributed by atoms with E-state index in [0.29, 0.717) is 4.99 Å². The number of para-hydroxylation sites is 1. The van der Waals surface area contributed by atoms with Crippen LogP contribution in [0.1, 0.15) is 24.9 Å². The second-order valence-electron chi connectivity index (χ2n) is 4.83. The van der Waals surface area contributed by atoms with Crippen LogP contribution in [0, 0.1) is 0 Å². The summed E-state index contributed by atoms with van der Waals surface area (Å²) in [6.45, 7) is 3.04. The number of benzene rings is 2. The Balaban J connectivity index is 2.24. The Kier molecular flexibility index (Phi) is 5.13. The van der Waals surface area contributed by atoms with Crippen molar-refractivity contribution in [3.05, 3.63) is 66.2 Å². The summed E-state index contributed by atoms with van der Waals surface area (Å²) in [4.78, 5) is 2.90. The van der Waals surface area contributed by atoms with Crippen molar-refractivity contribution in [2.45, 2.75) is 19.4 Å². The lowest BCUT2D eigenvalue weighted by molar-refractivity contribution is 0.678. The molecule has 104 valence electrons. The minimum atomic E-state index is 0.285. The molecular weight excluding hydrogens is 264 g/mol. The van der Waals surface area contributed by atoms with Gasteiger partial charge >= 0.3 is 0 Å². The first-order chi connectivity index (χ1) is 9.68. The molecule has 2 rings (SSSR count). The number of hydrogen-bond acceptors (Lipinski definition) is 2. The molecule has 0 aliphatic heterocycles. The third kappa shape index (κ3) is 3.81. The fraction of sp³-hybridized carbons (Fsp3) is 0.235. The van der Waals surface area contributed by atoms with Crippen LogP contribution in [-0.2, 0) is 0 Å². The highest BCUT2D eigenvalue weighted by atomic mass is 32.1. The molecule has 0 saturated carbocycles. The van der Waals surface area contributed by atoms with Crippen LogP contribution in [-0.4, -0.2) is 11.5 Å². The molecule has 3 heteroatoms. The van der Waals surface area contributed by atoms with Gasteiger partial charge in [0, 0.05) is 18.7 Å². The van der Waals surface area contributed by atoms with Crippen LogP contribution in [0.3, 0.4) is 0 Å². The van der Waals surface area contributed by atoms with E-state index in [2.05, 4.69) is 60.4 Å². The third-order valence-corrected chi connectivity index (χ3v) is 3.64. The van der Waals surface area contributed by atoms with Gasteiger partial charge in [0.2, 0.25) is 0 Å². The zero-order valence-electron chi connectivity index (χ0n) is 11.7. The summed E-state index contributed by atoms with van der Waals surface area (Å²) < 4.78 is 0. The first-order valence-corrected chi connectivity index (χ1v) is 7.24. The molecule has 2 N–H and O–H groups in total. The third-order valence-electron chi connectivity index (χ3n) is 3.44. The number of anilines is 1. The predicted octanol–water partition coefficient (Wildman–Crippen LogP) is 3.93. The van der Waals surface area contributed by atoms with E-state index < -0.39 is 0 Å². The van der Waals surface area contributed by atoms with E-state index in [-0.39, 0.29) is 6.04 Å². The van der Waals surface area contributed by atoms with Crippen LogP contribution < -0.4 is 10.6 Å². The van der Waals surface area contributed by atoms with Gasteiger partial charge in [0.25, 0.3) is 0 Å². The number of nitrogens with zero attached hydrogens (tertiary/aromatic N) is 1. The lowest BCUT2D eigenvalue weighted by atomic mass is 10.1. The molecule has 0 heterocycles. The summed E-state index contributed by atoms with van der Waals surface area (Å²) >= 11 is 5.02. The molecular formula is C17H20N2S. The van der Waals surface area contributed by atoms with Crippen LogP contribution in [0.5, 0.6) is 0 Å². The maximum atomic E-state index is 5.66. The van der Waals surface area contributed by atoms with Gasteiger partial charge in [-0.3, -0.25) is 0 Å². The average Bonchev–Trinajstić information content (AvgIpc) is 2.49. The lowest BCUT2D eigenvalue weighted by Gasteiger charge is -2.31. The molecule has 2 aromatic carbocycles. The fourth-order valence-electron chi connectivity index (χ4n) is 2.31. The van der Waals surface area contributed by atoms with Gasteiger partial charge in [-0.2, -0.15) is 0 Å². The molecule has 20 heavy (non-hydrogen) atoms. The Bertz CT molecular complexity index is 539. The Morgan fingerprint density at radius 3 is 2.15 bits per heavy atom. The van der Waals surface area contributed by atoms with Gasteiger partial charge in [-0.25, -0.2) is 0 Å². The Morgan fingerprint density at radius 2 is 1.60 bits per heavy atom. The normalized spacial score (nSPS) is 11.8. The smallest absolute Gasteiger partial charge is 0.0745 e. The Hall–Kier alpha value is -1.87. The maximum absolute atomic E-state index is 5.66. The largest absolute Gasteiger partial charge is 0.393 e. The van der Waals surface area contributed by atoms with Gasteiger partial charge in [0.05, 0.1) is 11.0 Å². The van der Waals surface area contributed by atoms with Crippen molar-refractivity contribution in [2.24, 2.45) is 5.73 Å². The van der Waals surface area contributed by atoms with E-state index >= 15 is 0 Å². The second-order valence-corrected chi connectivity index (χ2v) is 5.36. The van der Waals surface area contributed by atoms with Crippen LogP contribution in [0.4, 0.5) is 5.69 Å². The zero-order chi connectivity index (χ0) is 14.4. The average molecular weight is 284 g/mol. The minimum Gasteiger partial charge on any atom is -0.393 e. The molecule has 0 aromatic heterocycles. The summed E-state index contributed by atoms with van der Waals surface area (Å²) in [6.07, 6.45) is 0.724. The van der Waals surface area contributed by atoms with Gasteiger partial charge in [0.1, 0.15) is 0 Å². The Morgan fingerprint density at radius 1 is 1.05 bits per heavy atom. The SMILES string of the molecule is CC(c1ccccc1)N(CCC(N)=S)c1ccccc1. The van der Waals surface area contributed by atoms with E-state index in [1.807, 2.05) is 12.1 Å². The molecule has 0 bridgehead atoms. The molecule has 0 fully saturated rings. The van der Waals surface area contributed by atoms with Crippen molar-refractivity contribution in [3.63, 3.8) is 0 Å². The van der Waals surface area contributed by atoms with Crippen molar-refractivity contribution in [3.8, 4) is 0 Å². The van der Waals surface area contributed by atoms with E-state index in [9.17, 15) is 0 Å². The lowest BCUT2D eigenvalue weighted by Crippen LogP contribution is -2.30. The fourth-order valence-corrected chi connectivity index (χ4v) is 2.40. The summed E-state index contributed by atoms with van der Waals surface area (Å²) in [5.74, 6) is 0. The van der Waals surface area contributed by atoms with E-state index in [1.54, 1.807) is 0 Å². The highest BCUT2D eigenvalue weighted by Crippen LogP contribution is 2.26. The Labute approximate surface area is 126 Å². The molecule has 1 atom stereocenters. The monoisotopic (exact) mass is 284 g/mol. The molecule has 0 amide bonds. The number of rotatable bonds is 6. The van der Waals surface area contributed by atoms with Gasteiger partial charge in [0.15, 0.2) is 0 Å². The molecule has 0 radical (unpaired) electrons. The van der Waals surface area contributed by atoms with E-state index in [1.165, 1.54) is 11.3 Å². The van der Waals surface area contributed by atoms with Crippen LogP contribution in [0.25, 0.3) is 0 Å². The van der Waals surface area contributed by atoms with Crippen LogP contribution >= 0.6 is 12.2 Å². The molecule has 1 unspecified atom stereocenters. The number of thiocarbonyl (C=S) groups is 1. The number of nitrogens with two attached hydrogens (primary N) is 1. The first-order valence-electron chi connectivity index (χ1n) is 6.83. The predicted molar refractivity (Wildman–Crippen MR) is 90.0 cm³/mol. The van der Waals surface area contributed by atoms with Gasteiger partial charge < -0.3 is 10.6 Å². The minimum absolute atomic E-state index is 0.285. The van der Waals surface area contributed by atoms with Gasteiger partial charge in [-0.1, -0.05) is 60.7 Å². The van der Waals surface area contributed by atoms with Gasteiger partial charge in [-0.05, 0) is 24.6 Å². The quantitative estimate of drug-likeness (QED) is 0.815. The van der Waals surface area contributed by atoms with Crippen molar-refractivity contribution < 1.29 is 0 Å². The van der Waals surface area contributed by atoms with Crippen molar-refractivity contribution in [1.29, 1.82) is 0 Å². The topological polar surface area (TPSA) is 29.3 Å². The molecule has 0 aliphatic carbocycles. The molecule has 2 nitrogen and oxygen atoms in total. The molecule has 0 aliphatic rings. The molecule has 0 spiro atoms. The second kappa shape index (κ2) is 7.06. The van der Waals surface area contributed by atoms with Crippen LogP contribution in [0.2, 0.25) is 0 Å². The van der Waals surface area contributed by atoms with E-state index in [0.717, 1.165) is 13.0 Å². The van der Waals surface area contributed by atoms with Crippen molar-refractivity contribution in [1.82, 2.24) is 0 Å². The summed E-state index contributed by atoms with van der Waals surface area (Å²) in [6, 6.07) is 21.2.